The van der Waals surface area contributed by atoms with Gasteiger partial charge in [0.2, 0.25) is 5.91 Å². The fraction of sp³-hybridized carbons (Fsp3) is 0.412. The van der Waals surface area contributed by atoms with Crippen LogP contribution in [0, 0.1) is 0 Å². The van der Waals surface area contributed by atoms with Gasteiger partial charge in [-0.25, -0.2) is 0 Å². The van der Waals surface area contributed by atoms with E-state index in [1.807, 2.05) is 12.3 Å². The molecular weight excluding hydrogens is 326 g/mol. The Labute approximate surface area is 145 Å². The highest BCUT2D eigenvalue weighted by Gasteiger charge is 2.27. The number of nitrogens with one attached hydrogen (secondary N) is 2. The molecule has 0 saturated heterocycles. The second kappa shape index (κ2) is 8.47. The Morgan fingerprint density at radius 3 is 3.17 bits per heavy atom. The van der Waals surface area contributed by atoms with Crippen LogP contribution in [0.4, 0.5) is 0 Å². The molecule has 0 unspecified atom stereocenters. The number of fused-ring (bicyclic) bond motifs is 1. The molecule has 1 amide bonds. The molecular formula is C17H21N3OS2. The lowest BCUT2D eigenvalue weighted by atomic mass is 10.1. The maximum absolute atomic E-state index is 12.4. The largest absolute Gasteiger partial charge is 0.355 e. The lowest BCUT2D eigenvalue weighted by Gasteiger charge is -2.21. The van der Waals surface area contributed by atoms with Crippen molar-refractivity contribution in [3.05, 3.63) is 52.0 Å². The second-order valence-electron chi connectivity index (χ2n) is 5.48. The van der Waals surface area contributed by atoms with Gasteiger partial charge >= 0.3 is 0 Å². The Bertz CT molecular complexity index is 630. The standard InChI is InChI=1S/C17H21N3OS2/c21-17(16-14-4-9-22-15(14)5-10-23-16)20-8-2-7-19-12-13-3-1-6-18-11-13/h1,3-4,6,9,11,16,19H,2,5,7-8,10,12H2,(H,20,21)/t16-/m1/s1. The number of carbonyl (C=O) groups excluding carboxylic acids is 1. The summed E-state index contributed by atoms with van der Waals surface area (Å²) in [5.41, 5.74) is 2.40. The molecule has 0 bridgehead atoms. The van der Waals surface area contributed by atoms with E-state index in [1.165, 1.54) is 16.0 Å². The van der Waals surface area contributed by atoms with E-state index in [0.29, 0.717) is 0 Å². The maximum Gasteiger partial charge on any atom is 0.237 e. The van der Waals surface area contributed by atoms with Gasteiger partial charge in [0.25, 0.3) is 0 Å². The Morgan fingerprint density at radius 2 is 2.30 bits per heavy atom. The average molecular weight is 348 g/mol. The molecule has 3 heterocycles. The summed E-state index contributed by atoms with van der Waals surface area (Å²) in [7, 11) is 0. The molecule has 0 radical (unpaired) electrons. The Morgan fingerprint density at radius 1 is 1.35 bits per heavy atom. The molecule has 23 heavy (non-hydrogen) atoms. The molecule has 0 fully saturated rings. The molecule has 3 rings (SSSR count). The van der Waals surface area contributed by atoms with Crippen LogP contribution in [-0.4, -0.2) is 29.7 Å². The lowest BCUT2D eigenvalue weighted by molar-refractivity contribution is -0.120. The number of hydrogen-bond donors (Lipinski definition) is 2. The minimum atomic E-state index is -0.0200. The van der Waals surface area contributed by atoms with Crippen LogP contribution >= 0.6 is 23.1 Å². The van der Waals surface area contributed by atoms with Crippen molar-refractivity contribution in [3.63, 3.8) is 0 Å². The summed E-state index contributed by atoms with van der Waals surface area (Å²) < 4.78 is 0. The van der Waals surface area contributed by atoms with Crippen LogP contribution in [0.25, 0.3) is 0 Å². The number of carbonyl (C=O) groups is 1. The minimum Gasteiger partial charge on any atom is -0.355 e. The molecule has 4 nitrogen and oxygen atoms in total. The normalized spacial score (nSPS) is 16.8. The van der Waals surface area contributed by atoms with Crippen LogP contribution in [0.2, 0.25) is 0 Å². The molecule has 2 aromatic heterocycles. The summed E-state index contributed by atoms with van der Waals surface area (Å²) in [6.45, 7) is 2.42. The monoisotopic (exact) mass is 347 g/mol. The Kier molecular flexibility index (Phi) is 6.07. The van der Waals surface area contributed by atoms with Crippen molar-refractivity contribution in [2.75, 3.05) is 18.8 Å². The summed E-state index contributed by atoms with van der Waals surface area (Å²) in [5, 5.41) is 8.52. The summed E-state index contributed by atoms with van der Waals surface area (Å²) >= 11 is 3.53. The quantitative estimate of drug-likeness (QED) is 0.756. The number of aryl methyl sites for hydroxylation is 1. The van der Waals surface area contributed by atoms with Crippen molar-refractivity contribution in [2.45, 2.75) is 24.6 Å². The molecule has 6 heteroatoms. The molecule has 2 N–H and O–H groups in total. The van der Waals surface area contributed by atoms with Gasteiger partial charge in [-0.05, 0) is 53.8 Å². The van der Waals surface area contributed by atoms with Gasteiger partial charge in [-0.1, -0.05) is 6.07 Å². The van der Waals surface area contributed by atoms with Gasteiger partial charge < -0.3 is 10.6 Å². The lowest BCUT2D eigenvalue weighted by Crippen LogP contribution is -2.31. The predicted molar refractivity (Wildman–Crippen MR) is 96.8 cm³/mol. The van der Waals surface area contributed by atoms with E-state index < -0.39 is 0 Å². The number of rotatable bonds is 7. The summed E-state index contributed by atoms with van der Waals surface area (Å²) in [6.07, 6.45) is 5.67. The van der Waals surface area contributed by atoms with Gasteiger partial charge in [-0.15, -0.1) is 23.1 Å². The number of aromatic nitrogens is 1. The van der Waals surface area contributed by atoms with E-state index in [4.69, 9.17) is 0 Å². The third-order valence-electron chi connectivity index (χ3n) is 3.80. The number of amides is 1. The van der Waals surface area contributed by atoms with Gasteiger partial charge in [0, 0.05) is 30.4 Å². The van der Waals surface area contributed by atoms with Gasteiger partial charge in [0.15, 0.2) is 0 Å². The smallest absolute Gasteiger partial charge is 0.237 e. The highest BCUT2D eigenvalue weighted by molar-refractivity contribution is 8.00. The molecule has 1 aliphatic heterocycles. The Hall–Kier alpha value is -1.37. The molecule has 1 aliphatic rings. The first-order valence-corrected chi connectivity index (χ1v) is 9.82. The number of thiophene rings is 1. The zero-order valence-corrected chi connectivity index (χ0v) is 14.6. The van der Waals surface area contributed by atoms with Gasteiger partial charge in [-0.2, -0.15) is 0 Å². The molecule has 0 saturated carbocycles. The van der Waals surface area contributed by atoms with Gasteiger partial charge in [0.1, 0.15) is 5.25 Å². The molecule has 0 spiro atoms. The molecule has 122 valence electrons. The SMILES string of the molecule is O=C(NCCCNCc1cccnc1)[C@@H]1SCCc2sccc21. The number of nitrogens with zero attached hydrogens (tertiary/aromatic N) is 1. The van der Waals surface area contributed by atoms with Crippen LogP contribution in [0.15, 0.2) is 36.0 Å². The molecule has 0 aliphatic carbocycles. The first kappa shape index (κ1) is 16.5. The highest BCUT2D eigenvalue weighted by Crippen LogP contribution is 2.39. The highest BCUT2D eigenvalue weighted by atomic mass is 32.2. The fourth-order valence-electron chi connectivity index (χ4n) is 2.62. The van der Waals surface area contributed by atoms with Crippen molar-refractivity contribution in [1.29, 1.82) is 0 Å². The number of pyridine rings is 1. The fourth-order valence-corrected chi connectivity index (χ4v) is 4.93. The third kappa shape index (κ3) is 4.56. The summed E-state index contributed by atoms with van der Waals surface area (Å²) in [6, 6.07) is 6.10. The van der Waals surface area contributed by atoms with Crippen LogP contribution < -0.4 is 10.6 Å². The summed E-state index contributed by atoms with van der Waals surface area (Å²) in [4.78, 5) is 17.8. The van der Waals surface area contributed by atoms with Gasteiger partial charge in [0.05, 0.1) is 0 Å². The van der Waals surface area contributed by atoms with Crippen molar-refractivity contribution in [2.24, 2.45) is 0 Å². The number of thioether (sulfide) groups is 1. The van der Waals surface area contributed by atoms with E-state index in [1.54, 1.807) is 29.3 Å². The van der Waals surface area contributed by atoms with Gasteiger partial charge in [-0.3, -0.25) is 9.78 Å². The zero-order valence-electron chi connectivity index (χ0n) is 13.0. The summed E-state index contributed by atoms with van der Waals surface area (Å²) in [5.74, 6) is 1.19. The first-order chi connectivity index (χ1) is 11.3. The van der Waals surface area contributed by atoms with Crippen molar-refractivity contribution in [3.8, 4) is 0 Å². The average Bonchev–Trinajstić information content (AvgIpc) is 3.07. The zero-order chi connectivity index (χ0) is 15.9. The topological polar surface area (TPSA) is 54.0 Å². The van der Waals surface area contributed by atoms with Crippen molar-refractivity contribution >= 4 is 29.0 Å². The van der Waals surface area contributed by atoms with E-state index in [2.05, 4.69) is 33.1 Å². The maximum atomic E-state index is 12.4. The van der Waals surface area contributed by atoms with Crippen LogP contribution in [0.3, 0.4) is 0 Å². The molecule has 2 aromatic rings. The Balaban J connectivity index is 1.34. The van der Waals surface area contributed by atoms with Crippen LogP contribution in [-0.2, 0) is 17.8 Å². The van der Waals surface area contributed by atoms with Crippen LogP contribution in [0.1, 0.15) is 27.7 Å². The minimum absolute atomic E-state index is 0.0200. The van der Waals surface area contributed by atoms with E-state index >= 15 is 0 Å². The van der Waals surface area contributed by atoms with E-state index in [-0.39, 0.29) is 11.2 Å². The third-order valence-corrected chi connectivity index (χ3v) is 6.03. The van der Waals surface area contributed by atoms with E-state index in [9.17, 15) is 4.79 Å². The number of hydrogen-bond acceptors (Lipinski definition) is 5. The molecule has 1 atom stereocenters. The molecule has 0 aromatic carbocycles. The first-order valence-electron chi connectivity index (χ1n) is 7.90. The second-order valence-corrected chi connectivity index (χ2v) is 7.70. The van der Waals surface area contributed by atoms with Crippen LogP contribution in [0.5, 0.6) is 0 Å². The van der Waals surface area contributed by atoms with E-state index in [0.717, 1.165) is 38.2 Å². The predicted octanol–water partition coefficient (Wildman–Crippen LogP) is 2.77. The van der Waals surface area contributed by atoms with Crippen molar-refractivity contribution in [1.82, 2.24) is 15.6 Å². The van der Waals surface area contributed by atoms with Crippen molar-refractivity contribution < 1.29 is 4.79 Å².